The molecule has 18 heavy (non-hydrogen) atoms. The van der Waals surface area contributed by atoms with Crippen LogP contribution >= 0.6 is 0 Å². The molecule has 2 aliphatic heterocycles. The van der Waals surface area contributed by atoms with Crippen molar-refractivity contribution in [2.24, 2.45) is 0 Å². The Morgan fingerprint density at radius 3 is 3.00 bits per heavy atom. The Kier molecular flexibility index (Phi) is 3.22. The van der Waals surface area contributed by atoms with Gasteiger partial charge >= 0.3 is 0 Å². The van der Waals surface area contributed by atoms with E-state index in [9.17, 15) is 0 Å². The van der Waals surface area contributed by atoms with Crippen molar-refractivity contribution in [3.8, 4) is 0 Å². The summed E-state index contributed by atoms with van der Waals surface area (Å²) in [7, 11) is 0. The molecule has 2 unspecified atom stereocenters. The zero-order valence-electron chi connectivity index (χ0n) is 11.1. The van der Waals surface area contributed by atoms with Crippen LogP contribution in [0.4, 0.5) is 5.69 Å². The SMILES string of the molecule is CC(C)c1ccc(N2CCOC3CNCC32)cn1. The van der Waals surface area contributed by atoms with Crippen molar-refractivity contribution in [3.63, 3.8) is 0 Å². The van der Waals surface area contributed by atoms with Gasteiger partial charge in [-0.1, -0.05) is 13.8 Å². The first-order valence-electron chi connectivity index (χ1n) is 6.80. The largest absolute Gasteiger partial charge is 0.373 e. The number of hydrogen-bond acceptors (Lipinski definition) is 4. The molecular weight excluding hydrogens is 226 g/mol. The Labute approximate surface area is 108 Å². The summed E-state index contributed by atoms with van der Waals surface area (Å²) in [6, 6.07) is 4.81. The van der Waals surface area contributed by atoms with E-state index in [0.29, 0.717) is 18.1 Å². The van der Waals surface area contributed by atoms with E-state index in [1.54, 1.807) is 0 Å². The minimum Gasteiger partial charge on any atom is -0.373 e. The maximum absolute atomic E-state index is 5.79. The summed E-state index contributed by atoms with van der Waals surface area (Å²) in [5, 5.41) is 3.41. The van der Waals surface area contributed by atoms with E-state index in [-0.39, 0.29) is 0 Å². The average molecular weight is 247 g/mol. The van der Waals surface area contributed by atoms with Gasteiger partial charge in [0.05, 0.1) is 30.6 Å². The van der Waals surface area contributed by atoms with Crippen molar-refractivity contribution in [2.45, 2.75) is 31.9 Å². The molecule has 3 heterocycles. The summed E-state index contributed by atoms with van der Waals surface area (Å²) in [5.74, 6) is 0.490. The lowest BCUT2D eigenvalue weighted by atomic mass is 10.1. The van der Waals surface area contributed by atoms with Gasteiger partial charge in [0.2, 0.25) is 0 Å². The van der Waals surface area contributed by atoms with Crippen molar-refractivity contribution in [2.75, 3.05) is 31.1 Å². The van der Waals surface area contributed by atoms with Crippen LogP contribution in [0.5, 0.6) is 0 Å². The van der Waals surface area contributed by atoms with Gasteiger partial charge in [0, 0.05) is 25.3 Å². The smallest absolute Gasteiger partial charge is 0.0915 e. The lowest BCUT2D eigenvalue weighted by Crippen LogP contribution is -2.51. The van der Waals surface area contributed by atoms with Crippen LogP contribution in [0.3, 0.4) is 0 Å². The van der Waals surface area contributed by atoms with Crippen LogP contribution in [-0.2, 0) is 4.74 Å². The molecule has 4 nitrogen and oxygen atoms in total. The molecule has 0 aromatic carbocycles. The van der Waals surface area contributed by atoms with Gasteiger partial charge in [0.25, 0.3) is 0 Å². The predicted octanol–water partition coefficient (Wildman–Crippen LogP) is 1.38. The topological polar surface area (TPSA) is 37.4 Å². The van der Waals surface area contributed by atoms with Crippen molar-refractivity contribution in [1.82, 2.24) is 10.3 Å². The van der Waals surface area contributed by atoms with E-state index < -0.39 is 0 Å². The maximum atomic E-state index is 5.79. The van der Waals surface area contributed by atoms with E-state index >= 15 is 0 Å². The van der Waals surface area contributed by atoms with Crippen molar-refractivity contribution in [3.05, 3.63) is 24.0 Å². The Morgan fingerprint density at radius 1 is 1.39 bits per heavy atom. The van der Waals surface area contributed by atoms with Crippen LogP contribution in [-0.4, -0.2) is 43.4 Å². The minimum atomic E-state index is 0.337. The summed E-state index contributed by atoms with van der Waals surface area (Å²) >= 11 is 0. The molecular formula is C14H21N3O. The van der Waals surface area contributed by atoms with E-state index in [1.165, 1.54) is 5.69 Å². The van der Waals surface area contributed by atoms with Crippen molar-refractivity contribution in [1.29, 1.82) is 0 Å². The van der Waals surface area contributed by atoms with Gasteiger partial charge < -0.3 is 15.0 Å². The van der Waals surface area contributed by atoms with Crippen LogP contribution in [0.15, 0.2) is 18.3 Å². The predicted molar refractivity (Wildman–Crippen MR) is 72.1 cm³/mol. The number of anilines is 1. The summed E-state index contributed by atoms with van der Waals surface area (Å²) in [4.78, 5) is 7.00. The molecule has 0 radical (unpaired) electrons. The number of morpholine rings is 1. The summed E-state index contributed by atoms with van der Waals surface area (Å²) < 4.78 is 5.79. The van der Waals surface area contributed by atoms with Crippen LogP contribution in [0, 0.1) is 0 Å². The fourth-order valence-corrected chi connectivity index (χ4v) is 2.82. The van der Waals surface area contributed by atoms with Crippen molar-refractivity contribution < 1.29 is 4.74 Å². The molecule has 2 fully saturated rings. The molecule has 0 bridgehead atoms. The molecule has 4 heteroatoms. The Morgan fingerprint density at radius 2 is 2.28 bits per heavy atom. The number of aromatic nitrogens is 1. The van der Waals surface area contributed by atoms with Gasteiger partial charge in [-0.15, -0.1) is 0 Å². The molecule has 0 saturated carbocycles. The summed E-state index contributed by atoms with van der Waals surface area (Å²) in [5.41, 5.74) is 2.38. The second kappa shape index (κ2) is 4.86. The number of hydrogen-bond donors (Lipinski definition) is 1. The van der Waals surface area contributed by atoms with Gasteiger partial charge in [-0.05, 0) is 18.1 Å². The molecule has 1 aromatic heterocycles. The molecule has 1 N–H and O–H groups in total. The Hall–Kier alpha value is -1.13. The molecule has 0 aliphatic carbocycles. The van der Waals surface area contributed by atoms with E-state index in [0.717, 1.165) is 31.9 Å². The first-order valence-corrected chi connectivity index (χ1v) is 6.80. The van der Waals surface area contributed by atoms with E-state index in [2.05, 4.69) is 41.2 Å². The summed E-state index contributed by atoms with van der Waals surface area (Å²) in [6.07, 6.45) is 2.35. The van der Waals surface area contributed by atoms with Gasteiger partial charge in [-0.3, -0.25) is 4.98 Å². The number of pyridine rings is 1. The quantitative estimate of drug-likeness (QED) is 0.857. The monoisotopic (exact) mass is 247 g/mol. The fourth-order valence-electron chi connectivity index (χ4n) is 2.82. The zero-order chi connectivity index (χ0) is 12.5. The van der Waals surface area contributed by atoms with Gasteiger partial charge in [-0.25, -0.2) is 0 Å². The van der Waals surface area contributed by atoms with E-state index in [4.69, 9.17) is 4.74 Å². The highest BCUT2D eigenvalue weighted by Gasteiger charge is 2.36. The number of ether oxygens (including phenoxy) is 1. The minimum absolute atomic E-state index is 0.337. The fraction of sp³-hybridized carbons (Fsp3) is 0.643. The second-order valence-electron chi connectivity index (χ2n) is 5.42. The molecule has 3 rings (SSSR count). The third-order valence-corrected chi connectivity index (χ3v) is 3.89. The van der Waals surface area contributed by atoms with Gasteiger partial charge in [-0.2, -0.15) is 0 Å². The Balaban J connectivity index is 1.80. The molecule has 0 spiro atoms. The van der Waals surface area contributed by atoms with Crippen LogP contribution in [0.25, 0.3) is 0 Å². The standard InChI is InChI=1S/C14H21N3O/c1-10(2)12-4-3-11(7-16-12)17-5-6-18-14-9-15-8-13(14)17/h3-4,7,10,13-15H,5-6,8-9H2,1-2H3. The molecule has 0 amide bonds. The van der Waals surface area contributed by atoms with Crippen LogP contribution in [0.2, 0.25) is 0 Å². The van der Waals surface area contributed by atoms with Gasteiger partial charge in [0.1, 0.15) is 0 Å². The average Bonchev–Trinajstić information content (AvgIpc) is 2.87. The van der Waals surface area contributed by atoms with Gasteiger partial charge in [0.15, 0.2) is 0 Å². The second-order valence-corrected chi connectivity index (χ2v) is 5.42. The number of rotatable bonds is 2. The number of nitrogens with one attached hydrogen (secondary N) is 1. The van der Waals surface area contributed by atoms with Crippen molar-refractivity contribution >= 4 is 5.69 Å². The number of fused-ring (bicyclic) bond motifs is 1. The molecule has 98 valence electrons. The molecule has 2 aliphatic rings. The maximum Gasteiger partial charge on any atom is 0.0915 e. The Bertz CT molecular complexity index is 404. The highest BCUT2D eigenvalue weighted by Crippen LogP contribution is 2.25. The van der Waals surface area contributed by atoms with Crippen LogP contribution < -0.4 is 10.2 Å². The lowest BCUT2D eigenvalue weighted by molar-refractivity contribution is 0.0349. The van der Waals surface area contributed by atoms with E-state index in [1.807, 2.05) is 6.20 Å². The highest BCUT2D eigenvalue weighted by atomic mass is 16.5. The van der Waals surface area contributed by atoms with Crippen LogP contribution in [0.1, 0.15) is 25.5 Å². The first-order chi connectivity index (χ1) is 8.75. The normalized spacial score (nSPS) is 27.6. The molecule has 2 atom stereocenters. The molecule has 1 aromatic rings. The third kappa shape index (κ3) is 2.10. The first kappa shape index (κ1) is 11.9. The highest BCUT2D eigenvalue weighted by molar-refractivity contribution is 5.47. The lowest BCUT2D eigenvalue weighted by Gasteiger charge is -2.38. The zero-order valence-corrected chi connectivity index (χ0v) is 11.1. The third-order valence-electron chi connectivity index (χ3n) is 3.89. The summed E-state index contributed by atoms with van der Waals surface area (Å²) in [6.45, 7) is 8.11. The molecule has 2 saturated heterocycles. The number of nitrogens with zero attached hydrogens (tertiary/aromatic N) is 2.